The first-order valence-electron chi connectivity index (χ1n) is 6.20. The van der Waals surface area contributed by atoms with E-state index in [4.69, 9.17) is 0 Å². The SMILES string of the molecule is CCN(CC(=O)N(C)C)Cc1ccc(Br)c([N+](=O)[O-])c1. The lowest BCUT2D eigenvalue weighted by atomic mass is 10.2. The summed E-state index contributed by atoms with van der Waals surface area (Å²) in [4.78, 5) is 25.7. The van der Waals surface area contributed by atoms with Gasteiger partial charge in [-0.2, -0.15) is 0 Å². The number of rotatable bonds is 6. The number of nitrogens with zero attached hydrogens (tertiary/aromatic N) is 3. The van der Waals surface area contributed by atoms with Crippen LogP contribution in [0.25, 0.3) is 0 Å². The second-order valence-electron chi connectivity index (χ2n) is 4.63. The van der Waals surface area contributed by atoms with E-state index >= 15 is 0 Å². The fraction of sp³-hybridized carbons (Fsp3) is 0.462. The van der Waals surface area contributed by atoms with Gasteiger partial charge < -0.3 is 4.90 Å². The molecule has 0 saturated heterocycles. The summed E-state index contributed by atoms with van der Waals surface area (Å²) in [5.74, 6) is 0.0125. The van der Waals surface area contributed by atoms with Crippen LogP contribution in [0.4, 0.5) is 5.69 Å². The average molecular weight is 344 g/mol. The van der Waals surface area contributed by atoms with E-state index in [2.05, 4.69) is 15.9 Å². The fourth-order valence-electron chi connectivity index (χ4n) is 1.67. The van der Waals surface area contributed by atoms with E-state index < -0.39 is 4.92 Å². The number of hydrogen-bond donors (Lipinski definition) is 0. The van der Waals surface area contributed by atoms with Crippen molar-refractivity contribution < 1.29 is 9.72 Å². The van der Waals surface area contributed by atoms with E-state index in [0.717, 1.165) is 5.56 Å². The Labute approximate surface area is 126 Å². The van der Waals surface area contributed by atoms with Crippen molar-refractivity contribution >= 4 is 27.5 Å². The van der Waals surface area contributed by atoms with Crippen LogP contribution in [0.5, 0.6) is 0 Å². The fourth-order valence-corrected chi connectivity index (χ4v) is 2.06. The van der Waals surface area contributed by atoms with Gasteiger partial charge in [-0.25, -0.2) is 0 Å². The van der Waals surface area contributed by atoms with Gasteiger partial charge >= 0.3 is 0 Å². The second-order valence-corrected chi connectivity index (χ2v) is 5.49. The van der Waals surface area contributed by atoms with E-state index in [1.54, 1.807) is 20.2 Å². The molecule has 20 heavy (non-hydrogen) atoms. The van der Waals surface area contributed by atoms with Crippen LogP contribution >= 0.6 is 15.9 Å². The van der Waals surface area contributed by atoms with Crippen molar-refractivity contribution in [3.63, 3.8) is 0 Å². The molecule has 1 aromatic carbocycles. The highest BCUT2D eigenvalue weighted by molar-refractivity contribution is 9.10. The smallest absolute Gasteiger partial charge is 0.283 e. The zero-order valence-corrected chi connectivity index (χ0v) is 13.4. The van der Waals surface area contributed by atoms with Crippen LogP contribution in [0, 0.1) is 10.1 Å². The number of carbonyl (C=O) groups is 1. The minimum Gasteiger partial charge on any atom is -0.348 e. The van der Waals surface area contributed by atoms with Crippen LogP contribution < -0.4 is 0 Å². The monoisotopic (exact) mass is 343 g/mol. The summed E-state index contributed by atoms with van der Waals surface area (Å²) in [6.45, 7) is 3.46. The summed E-state index contributed by atoms with van der Waals surface area (Å²) in [5.41, 5.74) is 0.853. The number of carbonyl (C=O) groups excluding carboxylic acids is 1. The molecule has 7 heteroatoms. The molecule has 0 radical (unpaired) electrons. The predicted octanol–water partition coefficient (Wildman–Crippen LogP) is 2.27. The third-order valence-corrected chi connectivity index (χ3v) is 3.59. The first kappa shape index (κ1) is 16.6. The van der Waals surface area contributed by atoms with Crippen molar-refractivity contribution in [2.24, 2.45) is 0 Å². The van der Waals surface area contributed by atoms with Crippen LogP contribution in [0.1, 0.15) is 12.5 Å². The summed E-state index contributed by atoms with van der Waals surface area (Å²) < 4.78 is 0.457. The van der Waals surface area contributed by atoms with Crippen molar-refractivity contribution in [1.29, 1.82) is 0 Å². The molecule has 0 saturated carbocycles. The average Bonchev–Trinajstić information content (AvgIpc) is 2.39. The standard InChI is InChI=1S/C13H18BrN3O3/c1-4-16(9-13(18)15(2)3)8-10-5-6-11(14)12(7-10)17(19)20/h5-7H,4,8-9H2,1-3H3. The van der Waals surface area contributed by atoms with Crippen LogP contribution in [0.3, 0.4) is 0 Å². The first-order chi connectivity index (χ1) is 9.35. The molecule has 0 aliphatic heterocycles. The molecule has 0 aromatic heterocycles. The van der Waals surface area contributed by atoms with Gasteiger partial charge in [0.1, 0.15) is 0 Å². The van der Waals surface area contributed by atoms with Crippen molar-refractivity contribution in [3.05, 3.63) is 38.3 Å². The molecule has 0 spiro atoms. The minimum atomic E-state index is -0.422. The first-order valence-corrected chi connectivity index (χ1v) is 6.99. The summed E-state index contributed by atoms with van der Waals surface area (Å²) in [6, 6.07) is 5.02. The Kier molecular flexibility index (Phi) is 6.09. The normalized spacial score (nSPS) is 10.7. The van der Waals surface area contributed by atoms with Crippen LogP contribution in [-0.2, 0) is 11.3 Å². The molecule has 0 unspecified atom stereocenters. The second kappa shape index (κ2) is 7.35. The Balaban J connectivity index is 2.82. The molecular formula is C13H18BrN3O3. The van der Waals surface area contributed by atoms with E-state index in [1.165, 1.54) is 11.0 Å². The Hall–Kier alpha value is -1.47. The lowest BCUT2D eigenvalue weighted by Gasteiger charge is -2.21. The molecular weight excluding hydrogens is 326 g/mol. The van der Waals surface area contributed by atoms with Gasteiger partial charge in [-0.1, -0.05) is 13.0 Å². The Bertz CT molecular complexity index is 506. The molecule has 1 rings (SSSR count). The van der Waals surface area contributed by atoms with E-state index in [0.29, 0.717) is 24.1 Å². The Morgan fingerprint density at radius 1 is 1.40 bits per heavy atom. The molecule has 110 valence electrons. The highest BCUT2D eigenvalue weighted by atomic mass is 79.9. The van der Waals surface area contributed by atoms with Crippen LogP contribution in [-0.4, -0.2) is 47.8 Å². The number of halogens is 1. The van der Waals surface area contributed by atoms with Crippen LogP contribution in [0.2, 0.25) is 0 Å². The highest BCUT2D eigenvalue weighted by Gasteiger charge is 2.15. The number of benzene rings is 1. The molecule has 0 aliphatic rings. The number of nitro groups is 1. The van der Waals surface area contributed by atoms with Crippen molar-refractivity contribution in [2.45, 2.75) is 13.5 Å². The van der Waals surface area contributed by atoms with E-state index in [-0.39, 0.29) is 11.6 Å². The molecule has 1 amide bonds. The lowest BCUT2D eigenvalue weighted by molar-refractivity contribution is -0.385. The van der Waals surface area contributed by atoms with Crippen molar-refractivity contribution in [3.8, 4) is 0 Å². The molecule has 0 bridgehead atoms. The zero-order valence-electron chi connectivity index (χ0n) is 11.8. The molecule has 0 atom stereocenters. The van der Waals surface area contributed by atoms with Gasteiger partial charge in [0.2, 0.25) is 5.91 Å². The molecule has 1 aromatic rings. The quantitative estimate of drug-likeness (QED) is 0.587. The number of hydrogen-bond acceptors (Lipinski definition) is 4. The van der Waals surface area contributed by atoms with Gasteiger partial charge in [0.05, 0.1) is 15.9 Å². The minimum absolute atomic E-state index is 0.0125. The predicted molar refractivity (Wildman–Crippen MR) is 80.4 cm³/mol. The van der Waals surface area contributed by atoms with E-state index in [9.17, 15) is 14.9 Å². The third kappa shape index (κ3) is 4.57. The number of amides is 1. The summed E-state index contributed by atoms with van der Waals surface area (Å²) in [7, 11) is 3.42. The topological polar surface area (TPSA) is 66.7 Å². The van der Waals surface area contributed by atoms with Crippen molar-refractivity contribution in [1.82, 2.24) is 9.80 Å². The van der Waals surface area contributed by atoms with Crippen molar-refractivity contribution in [2.75, 3.05) is 27.2 Å². The number of likely N-dealkylation sites (N-methyl/N-ethyl adjacent to an activating group) is 2. The molecule has 0 fully saturated rings. The Morgan fingerprint density at radius 2 is 2.05 bits per heavy atom. The molecule has 0 aliphatic carbocycles. The maximum absolute atomic E-state index is 11.7. The van der Waals surface area contributed by atoms with Gasteiger partial charge in [-0.05, 0) is 34.1 Å². The summed E-state index contributed by atoms with van der Waals surface area (Å²) >= 11 is 3.16. The van der Waals surface area contributed by atoms with Crippen LogP contribution in [0.15, 0.2) is 22.7 Å². The molecule has 0 N–H and O–H groups in total. The zero-order chi connectivity index (χ0) is 15.3. The lowest BCUT2D eigenvalue weighted by Crippen LogP contribution is -2.36. The largest absolute Gasteiger partial charge is 0.348 e. The van der Waals surface area contributed by atoms with E-state index in [1.807, 2.05) is 17.9 Å². The van der Waals surface area contributed by atoms with Gasteiger partial charge in [0.15, 0.2) is 0 Å². The summed E-state index contributed by atoms with van der Waals surface area (Å²) in [6.07, 6.45) is 0. The van der Waals surface area contributed by atoms with Gasteiger partial charge in [0.25, 0.3) is 5.69 Å². The van der Waals surface area contributed by atoms with Gasteiger partial charge in [-0.15, -0.1) is 0 Å². The van der Waals surface area contributed by atoms with Gasteiger partial charge in [0, 0.05) is 26.7 Å². The Morgan fingerprint density at radius 3 is 2.55 bits per heavy atom. The summed E-state index contributed by atoms with van der Waals surface area (Å²) in [5, 5.41) is 10.9. The third-order valence-electron chi connectivity index (χ3n) is 2.92. The maximum atomic E-state index is 11.7. The molecule has 6 nitrogen and oxygen atoms in total. The number of nitro benzene ring substituents is 1. The molecule has 0 heterocycles. The highest BCUT2D eigenvalue weighted by Crippen LogP contribution is 2.26. The van der Waals surface area contributed by atoms with Gasteiger partial charge in [-0.3, -0.25) is 19.8 Å². The maximum Gasteiger partial charge on any atom is 0.283 e.